The third-order valence-corrected chi connectivity index (χ3v) is 1.69. The van der Waals surface area contributed by atoms with Crippen molar-refractivity contribution in [1.82, 2.24) is 4.98 Å². The summed E-state index contributed by atoms with van der Waals surface area (Å²) in [6, 6.07) is 1.62. The van der Waals surface area contributed by atoms with Crippen molar-refractivity contribution in [1.29, 1.82) is 0 Å². The molecule has 1 amide bonds. The smallest absolute Gasteiger partial charge is 0.404 e. The first-order chi connectivity index (χ1) is 7.08. The van der Waals surface area contributed by atoms with Gasteiger partial charge in [-0.15, -0.1) is 0 Å². The fourth-order valence-corrected chi connectivity index (χ4v) is 1.08. The van der Waals surface area contributed by atoms with Gasteiger partial charge in [0.25, 0.3) is 0 Å². The second kappa shape index (κ2) is 5.41. The van der Waals surface area contributed by atoms with Gasteiger partial charge in [-0.2, -0.15) is 0 Å². The number of pyridine rings is 1. The van der Waals surface area contributed by atoms with Crippen LogP contribution in [0, 0.1) is 0 Å². The lowest BCUT2D eigenvalue weighted by Crippen LogP contribution is -2.25. The van der Waals surface area contributed by atoms with Crippen LogP contribution in [-0.4, -0.2) is 23.8 Å². The molecule has 6 heteroatoms. The number of carbonyl (C=O) groups excluding carboxylic acids is 1. The maximum absolute atomic E-state index is 10.4. The lowest BCUT2D eigenvalue weighted by molar-refractivity contribution is 0.0822. The number of hydrogen-bond donors (Lipinski definition) is 1. The number of nitrogens with zero attached hydrogens (tertiary/aromatic N) is 1. The van der Waals surface area contributed by atoms with Crippen LogP contribution in [0.3, 0.4) is 0 Å². The molecular weight excluding hydrogens is 220 g/mol. The third-order valence-electron chi connectivity index (χ3n) is 1.48. The number of rotatable bonds is 4. The van der Waals surface area contributed by atoms with E-state index < -0.39 is 12.2 Å². The van der Waals surface area contributed by atoms with Crippen molar-refractivity contribution in [3.63, 3.8) is 0 Å². The van der Waals surface area contributed by atoms with Gasteiger partial charge >= 0.3 is 6.09 Å². The van der Waals surface area contributed by atoms with Crippen molar-refractivity contribution in [2.75, 3.05) is 6.61 Å². The molecular formula is C9H11ClN2O3. The molecule has 2 N–H and O–H groups in total. The standard InChI is InChI=1S/C9H11ClN2O3/c1-6(15-9(11)13)5-14-8-2-7(10)3-12-4-8/h2-4,6H,5H2,1H3,(H2,11,13). The molecule has 0 aliphatic heterocycles. The molecule has 0 spiro atoms. The molecule has 1 rings (SSSR count). The molecule has 0 aliphatic carbocycles. The highest BCUT2D eigenvalue weighted by molar-refractivity contribution is 6.30. The summed E-state index contributed by atoms with van der Waals surface area (Å²) in [6.45, 7) is 1.87. The summed E-state index contributed by atoms with van der Waals surface area (Å²) in [5.74, 6) is 0.516. The van der Waals surface area contributed by atoms with Crippen LogP contribution in [0.15, 0.2) is 18.5 Å². The highest BCUT2D eigenvalue weighted by Crippen LogP contribution is 2.15. The van der Waals surface area contributed by atoms with E-state index in [1.54, 1.807) is 13.0 Å². The number of carbonyl (C=O) groups is 1. The molecule has 0 fully saturated rings. The molecule has 1 aromatic rings. The van der Waals surface area contributed by atoms with E-state index in [0.29, 0.717) is 10.8 Å². The first-order valence-corrected chi connectivity index (χ1v) is 4.65. The molecule has 5 nitrogen and oxygen atoms in total. The van der Waals surface area contributed by atoms with Crippen molar-refractivity contribution >= 4 is 17.7 Å². The molecule has 0 radical (unpaired) electrons. The molecule has 1 unspecified atom stereocenters. The molecule has 0 saturated carbocycles. The number of aromatic nitrogens is 1. The molecule has 82 valence electrons. The van der Waals surface area contributed by atoms with Gasteiger partial charge in [-0.05, 0) is 6.92 Å². The van der Waals surface area contributed by atoms with E-state index in [1.807, 2.05) is 0 Å². The van der Waals surface area contributed by atoms with Crippen molar-refractivity contribution in [3.8, 4) is 5.75 Å². The lowest BCUT2D eigenvalue weighted by Gasteiger charge is -2.12. The SMILES string of the molecule is CC(COc1cncc(Cl)c1)OC(N)=O. The van der Waals surface area contributed by atoms with E-state index in [-0.39, 0.29) is 6.61 Å². The minimum atomic E-state index is -0.824. The third kappa shape index (κ3) is 4.51. The molecule has 15 heavy (non-hydrogen) atoms. The van der Waals surface area contributed by atoms with E-state index in [2.05, 4.69) is 9.72 Å². The van der Waals surface area contributed by atoms with Crippen LogP contribution in [0.25, 0.3) is 0 Å². The number of hydrogen-bond acceptors (Lipinski definition) is 4. The Morgan fingerprint density at radius 1 is 1.67 bits per heavy atom. The summed E-state index contributed by atoms with van der Waals surface area (Å²) < 4.78 is 9.93. The quantitative estimate of drug-likeness (QED) is 0.853. The van der Waals surface area contributed by atoms with E-state index >= 15 is 0 Å². The summed E-state index contributed by atoms with van der Waals surface area (Å²) in [7, 11) is 0. The first kappa shape index (κ1) is 11.6. The Bertz CT molecular complexity index is 346. The van der Waals surface area contributed by atoms with Crippen LogP contribution < -0.4 is 10.5 Å². The van der Waals surface area contributed by atoms with Gasteiger partial charge in [0.05, 0.1) is 11.2 Å². The van der Waals surface area contributed by atoms with Crippen LogP contribution in [0.1, 0.15) is 6.92 Å². The number of amides is 1. The van der Waals surface area contributed by atoms with Gasteiger partial charge in [-0.3, -0.25) is 4.98 Å². The fourth-order valence-electron chi connectivity index (χ4n) is 0.917. The Morgan fingerprint density at radius 3 is 3.00 bits per heavy atom. The topological polar surface area (TPSA) is 74.4 Å². The Kier molecular flexibility index (Phi) is 4.17. The van der Waals surface area contributed by atoms with Crippen molar-refractivity contribution in [2.45, 2.75) is 13.0 Å². The lowest BCUT2D eigenvalue weighted by atomic mass is 10.4. The van der Waals surface area contributed by atoms with Crippen LogP contribution in [0.5, 0.6) is 5.75 Å². The molecule has 1 atom stereocenters. The van der Waals surface area contributed by atoms with Gasteiger partial charge in [0.1, 0.15) is 18.5 Å². The maximum Gasteiger partial charge on any atom is 0.404 e. The largest absolute Gasteiger partial charge is 0.488 e. The summed E-state index contributed by atoms with van der Waals surface area (Å²) >= 11 is 5.70. The predicted octanol–water partition coefficient (Wildman–Crippen LogP) is 1.60. The Labute approximate surface area is 92.1 Å². The van der Waals surface area contributed by atoms with E-state index in [0.717, 1.165) is 0 Å². The normalized spacial score (nSPS) is 11.9. The Hall–Kier alpha value is -1.49. The van der Waals surface area contributed by atoms with Gasteiger partial charge in [0, 0.05) is 12.3 Å². The van der Waals surface area contributed by atoms with Crippen LogP contribution >= 0.6 is 11.6 Å². The van der Waals surface area contributed by atoms with E-state index in [4.69, 9.17) is 22.1 Å². The van der Waals surface area contributed by atoms with Crippen LogP contribution in [0.4, 0.5) is 4.79 Å². The molecule has 1 aromatic heterocycles. The maximum atomic E-state index is 10.4. The van der Waals surface area contributed by atoms with Gasteiger partial charge < -0.3 is 15.2 Å². The van der Waals surface area contributed by atoms with Crippen molar-refractivity contribution < 1.29 is 14.3 Å². The zero-order valence-corrected chi connectivity index (χ0v) is 8.90. The number of primary amides is 1. The second-order valence-electron chi connectivity index (χ2n) is 2.90. The minimum absolute atomic E-state index is 0.199. The number of ether oxygens (including phenoxy) is 2. The zero-order valence-electron chi connectivity index (χ0n) is 8.14. The minimum Gasteiger partial charge on any atom is -0.488 e. The van der Waals surface area contributed by atoms with Crippen LogP contribution in [0.2, 0.25) is 5.02 Å². The average Bonchev–Trinajstić information content (AvgIpc) is 2.14. The first-order valence-electron chi connectivity index (χ1n) is 4.27. The highest BCUT2D eigenvalue weighted by Gasteiger charge is 2.06. The monoisotopic (exact) mass is 230 g/mol. The molecule has 0 saturated heterocycles. The Morgan fingerprint density at radius 2 is 2.40 bits per heavy atom. The van der Waals surface area contributed by atoms with Gasteiger partial charge in [-0.1, -0.05) is 11.6 Å². The fraction of sp³-hybridized carbons (Fsp3) is 0.333. The molecule has 0 aromatic carbocycles. The molecule has 1 heterocycles. The average molecular weight is 231 g/mol. The van der Waals surface area contributed by atoms with Crippen molar-refractivity contribution in [3.05, 3.63) is 23.5 Å². The summed E-state index contributed by atoms with van der Waals surface area (Å²) in [4.78, 5) is 14.2. The second-order valence-corrected chi connectivity index (χ2v) is 3.33. The molecule has 0 aliphatic rings. The zero-order chi connectivity index (χ0) is 11.3. The van der Waals surface area contributed by atoms with Crippen molar-refractivity contribution in [2.24, 2.45) is 5.73 Å². The number of halogens is 1. The summed E-state index contributed by atoms with van der Waals surface area (Å²) in [5, 5.41) is 0.482. The molecule has 0 bridgehead atoms. The van der Waals surface area contributed by atoms with E-state index in [1.165, 1.54) is 12.4 Å². The summed E-state index contributed by atoms with van der Waals surface area (Å²) in [5.41, 5.74) is 4.84. The predicted molar refractivity (Wildman–Crippen MR) is 54.9 cm³/mol. The van der Waals surface area contributed by atoms with Gasteiger partial charge in [0.15, 0.2) is 0 Å². The number of nitrogens with two attached hydrogens (primary N) is 1. The van der Waals surface area contributed by atoms with Gasteiger partial charge in [-0.25, -0.2) is 4.79 Å². The van der Waals surface area contributed by atoms with Crippen LogP contribution in [-0.2, 0) is 4.74 Å². The highest BCUT2D eigenvalue weighted by atomic mass is 35.5. The van der Waals surface area contributed by atoms with E-state index in [9.17, 15) is 4.79 Å². The van der Waals surface area contributed by atoms with Gasteiger partial charge in [0.2, 0.25) is 0 Å². The summed E-state index contributed by atoms with van der Waals surface area (Å²) in [6.07, 6.45) is 1.78. The Balaban J connectivity index is 2.40.